The van der Waals surface area contributed by atoms with Gasteiger partial charge in [-0.25, -0.2) is 9.37 Å². The Balaban J connectivity index is 2.21. The van der Waals surface area contributed by atoms with E-state index in [1.54, 1.807) is 12.3 Å². The highest BCUT2D eigenvalue weighted by Crippen LogP contribution is 2.25. The van der Waals surface area contributed by atoms with Crippen LogP contribution >= 0.6 is 11.6 Å². The van der Waals surface area contributed by atoms with E-state index in [4.69, 9.17) is 11.6 Å². The molecule has 0 saturated carbocycles. The first-order valence-corrected chi connectivity index (χ1v) is 6.17. The van der Waals surface area contributed by atoms with Gasteiger partial charge in [0.25, 0.3) is 0 Å². The normalized spacial score (nSPS) is 10.9. The van der Waals surface area contributed by atoms with Crippen LogP contribution in [0.25, 0.3) is 0 Å². The number of hydrogen-bond acceptors (Lipinski definition) is 2. The Morgan fingerprint density at radius 3 is 2.89 bits per heavy atom. The fraction of sp³-hybridized carbons (Fsp3) is 0.308. The maximum Gasteiger partial charge on any atom is 0.207 e. The van der Waals surface area contributed by atoms with Crippen molar-refractivity contribution in [1.29, 1.82) is 0 Å². The number of aromatic nitrogens is 2. The summed E-state index contributed by atoms with van der Waals surface area (Å²) in [6, 6.07) is 4.25. The van der Waals surface area contributed by atoms with Crippen molar-refractivity contribution >= 4 is 23.2 Å². The molecule has 0 unspecified atom stereocenters. The fourth-order valence-corrected chi connectivity index (χ4v) is 1.90. The molecule has 1 aromatic heterocycles. The van der Waals surface area contributed by atoms with E-state index in [0.717, 1.165) is 6.54 Å². The summed E-state index contributed by atoms with van der Waals surface area (Å²) in [5.74, 6) is 0.872. The predicted octanol–water partition coefficient (Wildman–Crippen LogP) is 4.08. The van der Waals surface area contributed by atoms with E-state index in [1.165, 1.54) is 12.1 Å². The first kappa shape index (κ1) is 12.9. The van der Waals surface area contributed by atoms with E-state index in [-0.39, 0.29) is 5.82 Å². The summed E-state index contributed by atoms with van der Waals surface area (Å²) in [4.78, 5) is 4.23. The van der Waals surface area contributed by atoms with E-state index in [0.29, 0.717) is 22.6 Å². The van der Waals surface area contributed by atoms with E-state index < -0.39 is 0 Å². The predicted molar refractivity (Wildman–Crippen MR) is 71.8 cm³/mol. The van der Waals surface area contributed by atoms with Crippen LogP contribution in [0.15, 0.2) is 30.6 Å². The van der Waals surface area contributed by atoms with Crippen LogP contribution in [0.3, 0.4) is 0 Å². The zero-order valence-electron chi connectivity index (χ0n) is 10.3. The van der Waals surface area contributed by atoms with Crippen LogP contribution in [-0.2, 0) is 6.54 Å². The Bertz CT molecular complexity index is 537. The molecule has 18 heavy (non-hydrogen) atoms. The van der Waals surface area contributed by atoms with Crippen LogP contribution in [0.5, 0.6) is 0 Å². The minimum atomic E-state index is -0.351. The van der Waals surface area contributed by atoms with Gasteiger partial charge in [-0.05, 0) is 24.1 Å². The molecule has 1 N–H and O–H groups in total. The third-order valence-electron chi connectivity index (χ3n) is 2.45. The highest BCUT2D eigenvalue weighted by molar-refractivity contribution is 6.33. The Morgan fingerprint density at radius 1 is 1.44 bits per heavy atom. The quantitative estimate of drug-likeness (QED) is 0.905. The lowest BCUT2D eigenvalue weighted by Crippen LogP contribution is -2.07. The Labute approximate surface area is 111 Å². The second kappa shape index (κ2) is 5.40. The van der Waals surface area contributed by atoms with E-state index in [1.807, 2.05) is 10.8 Å². The molecule has 1 heterocycles. The van der Waals surface area contributed by atoms with Gasteiger partial charge in [0.15, 0.2) is 0 Å². The van der Waals surface area contributed by atoms with E-state index >= 15 is 0 Å². The lowest BCUT2D eigenvalue weighted by Gasteiger charge is -2.12. The highest BCUT2D eigenvalue weighted by Gasteiger charge is 2.07. The number of nitrogens with one attached hydrogen (secondary N) is 1. The summed E-state index contributed by atoms with van der Waals surface area (Å²) in [7, 11) is 0. The number of hydrogen-bond donors (Lipinski definition) is 1. The van der Waals surface area contributed by atoms with Crippen molar-refractivity contribution < 1.29 is 4.39 Å². The van der Waals surface area contributed by atoms with Crippen LogP contribution in [-0.4, -0.2) is 9.55 Å². The molecule has 0 radical (unpaired) electrons. The Morgan fingerprint density at radius 2 is 2.22 bits per heavy atom. The summed E-state index contributed by atoms with van der Waals surface area (Å²) in [5, 5.41) is 3.45. The van der Waals surface area contributed by atoms with Gasteiger partial charge in [0, 0.05) is 18.9 Å². The van der Waals surface area contributed by atoms with Crippen LogP contribution in [0.1, 0.15) is 13.8 Å². The summed E-state index contributed by atoms with van der Waals surface area (Å²) < 4.78 is 14.9. The highest BCUT2D eigenvalue weighted by atomic mass is 35.5. The molecule has 0 fully saturated rings. The lowest BCUT2D eigenvalue weighted by molar-refractivity contribution is 0.527. The topological polar surface area (TPSA) is 29.9 Å². The van der Waals surface area contributed by atoms with Crippen molar-refractivity contribution in [2.45, 2.75) is 20.4 Å². The van der Waals surface area contributed by atoms with Gasteiger partial charge in [0.2, 0.25) is 5.95 Å². The standard InChI is InChI=1S/C13H15ClFN3/c1-9(2)8-18-6-5-16-13(18)17-12-4-3-10(15)7-11(12)14/h3-7,9H,8H2,1-2H3,(H,16,17). The summed E-state index contributed by atoms with van der Waals surface area (Å²) in [6.45, 7) is 5.13. The third-order valence-corrected chi connectivity index (χ3v) is 2.77. The van der Waals surface area contributed by atoms with Crippen molar-refractivity contribution in [3.8, 4) is 0 Å². The molecule has 2 rings (SSSR count). The summed E-state index contributed by atoms with van der Waals surface area (Å²) in [5.41, 5.74) is 0.647. The van der Waals surface area contributed by atoms with Crippen molar-refractivity contribution in [2.24, 2.45) is 5.92 Å². The monoisotopic (exact) mass is 267 g/mol. The van der Waals surface area contributed by atoms with Gasteiger partial charge < -0.3 is 9.88 Å². The minimum Gasteiger partial charge on any atom is -0.324 e. The third kappa shape index (κ3) is 3.01. The van der Waals surface area contributed by atoms with Crippen molar-refractivity contribution in [3.05, 3.63) is 41.4 Å². The molecule has 5 heteroatoms. The molecule has 0 aliphatic carbocycles. The molecular weight excluding hydrogens is 253 g/mol. The number of halogens is 2. The zero-order chi connectivity index (χ0) is 13.1. The Kier molecular flexibility index (Phi) is 3.87. The van der Waals surface area contributed by atoms with Crippen LogP contribution in [0.2, 0.25) is 5.02 Å². The maximum atomic E-state index is 12.9. The molecule has 96 valence electrons. The van der Waals surface area contributed by atoms with Crippen LogP contribution < -0.4 is 5.32 Å². The largest absolute Gasteiger partial charge is 0.324 e. The second-order valence-electron chi connectivity index (χ2n) is 4.55. The molecular formula is C13H15ClFN3. The van der Waals surface area contributed by atoms with Crippen molar-refractivity contribution in [1.82, 2.24) is 9.55 Å². The molecule has 0 saturated heterocycles. The van der Waals surface area contributed by atoms with Gasteiger partial charge in [-0.1, -0.05) is 25.4 Å². The fourth-order valence-electron chi connectivity index (χ4n) is 1.69. The van der Waals surface area contributed by atoms with Gasteiger partial charge in [0.1, 0.15) is 5.82 Å². The van der Waals surface area contributed by atoms with Crippen LogP contribution in [0, 0.1) is 11.7 Å². The van der Waals surface area contributed by atoms with Crippen molar-refractivity contribution in [2.75, 3.05) is 5.32 Å². The number of imidazole rings is 1. The second-order valence-corrected chi connectivity index (χ2v) is 4.95. The van der Waals surface area contributed by atoms with E-state index in [9.17, 15) is 4.39 Å². The SMILES string of the molecule is CC(C)Cn1ccnc1Nc1ccc(F)cc1Cl. The average Bonchev–Trinajstić information content (AvgIpc) is 2.69. The molecule has 0 bridgehead atoms. The Hall–Kier alpha value is -1.55. The number of rotatable bonds is 4. The van der Waals surface area contributed by atoms with Gasteiger partial charge in [-0.15, -0.1) is 0 Å². The van der Waals surface area contributed by atoms with E-state index in [2.05, 4.69) is 24.1 Å². The zero-order valence-corrected chi connectivity index (χ0v) is 11.1. The number of anilines is 2. The number of benzene rings is 1. The van der Waals surface area contributed by atoms with Crippen molar-refractivity contribution in [3.63, 3.8) is 0 Å². The van der Waals surface area contributed by atoms with Gasteiger partial charge >= 0.3 is 0 Å². The minimum absolute atomic E-state index is 0.342. The maximum absolute atomic E-state index is 12.9. The average molecular weight is 268 g/mol. The molecule has 0 atom stereocenters. The molecule has 1 aromatic carbocycles. The van der Waals surface area contributed by atoms with Gasteiger partial charge in [0.05, 0.1) is 10.7 Å². The smallest absolute Gasteiger partial charge is 0.207 e. The summed E-state index contributed by atoms with van der Waals surface area (Å²) >= 11 is 5.96. The van der Waals surface area contributed by atoms with Crippen LogP contribution in [0.4, 0.5) is 16.0 Å². The summed E-state index contributed by atoms with van der Waals surface area (Å²) in [6.07, 6.45) is 3.63. The lowest BCUT2D eigenvalue weighted by atomic mass is 10.2. The molecule has 0 aliphatic rings. The first-order valence-electron chi connectivity index (χ1n) is 5.79. The molecule has 0 aliphatic heterocycles. The molecule has 0 amide bonds. The molecule has 0 spiro atoms. The number of nitrogens with zero attached hydrogens (tertiary/aromatic N) is 2. The first-order chi connectivity index (χ1) is 8.56. The molecule has 3 nitrogen and oxygen atoms in total. The van der Waals surface area contributed by atoms with Gasteiger partial charge in [-0.2, -0.15) is 0 Å². The van der Waals surface area contributed by atoms with Gasteiger partial charge in [-0.3, -0.25) is 0 Å². The molecule has 2 aromatic rings.